The normalized spacial score (nSPS) is 28.0. The minimum absolute atomic E-state index is 0.0244. The van der Waals surface area contributed by atoms with Crippen molar-refractivity contribution in [3.8, 4) is 0 Å². The van der Waals surface area contributed by atoms with Crippen molar-refractivity contribution in [2.75, 3.05) is 0 Å². The smallest absolute Gasteiger partial charge is 0.146 e. The Morgan fingerprint density at radius 1 is 0.696 bits per heavy atom. The largest absolute Gasteiger partial charge is 0.420 e. The van der Waals surface area contributed by atoms with Gasteiger partial charge in [0.05, 0.1) is 11.0 Å². The Balaban J connectivity index is 1.85. The number of hydrogen-bond donors (Lipinski definition) is 0. The highest BCUT2D eigenvalue weighted by Crippen LogP contribution is 2.51. The van der Waals surface area contributed by atoms with E-state index in [-0.39, 0.29) is 11.0 Å². The third kappa shape index (κ3) is 3.85. The van der Waals surface area contributed by atoms with Crippen LogP contribution in [0.25, 0.3) is 0 Å². The fourth-order valence-electron chi connectivity index (χ4n) is 6.13. The van der Waals surface area contributed by atoms with Gasteiger partial charge in [0, 0.05) is 0 Å². The first kappa shape index (κ1) is 18.3. The number of rotatable bonds is 5. The zero-order valence-electron chi connectivity index (χ0n) is 15.2. The van der Waals surface area contributed by atoms with Crippen molar-refractivity contribution in [1.29, 1.82) is 0 Å². The molecule has 3 heteroatoms. The van der Waals surface area contributed by atoms with E-state index in [4.69, 9.17) is 16.0 Å². The van der Waals surface area contributed by atoms with Gasteiger partial charge in [-0.1, -0.05) is 57.8 Å². The molecule has 0 saturated heterocycles. The molecule has 1 unspecified atom stereocenters. The van der Waals surface area contributed by atoms with Gasteiger partial charge in [-0.05, 0) is 56.3 Å². The van der Waals surface area contributed by atoms with Crippen LogP contribution in [0.1, 0.15) is 96.3 Å². The zero-order chi connectivity index (χ0) is 16.1. The molecule has 3 fully saturated rings. The van der Waals surface area contributed by atoms with Crippen molar-refractivity contribution in [2.24, 2.45) is 17.8 Å². The van der Waals surface area contributed by atoms with Crippen molar-refractivity contribution in [3.63, 3.8) is 0 Å². The monoisotopic (exact) mass is 356 g/mol. The van der Waals surface area contributed by atoms with Gasteiger partial charge in [0.1, 0.15) is 10.5 Å². The Bertz CT molecular complexity index is 326. The molecule has 1 nitrogen and oxygen atoms in total. The summed E-state index contributed by atoms with van der Waals surface area (Å²) in [6.45, 7) is 0. The van der Waals surface area contributed by atoms with Gasteiger partial charge in [0.25, 0.3) is 0 Å². The molecule has 134 valence electrons. The molecule has 1 atom stereocenters. The maximum absolute atomic E-state index is 7.35. The highest BCUT2D eigenvalue weighted by Gasteiger charge is 2.52. The summed E-state index contributed by atoms with van der Waals surface area (Å²) in [7, 11) is 0.847. The van der Waals surface area contributed by atoms with Crippen LogP contribution in [0.5, 0.6) is 0 Å². The van der Waals surface area contributed by atoms with Crippen LogP contribution >= 0.6 is 11.6 Å². The highest BCUT2D eigenvalue weighted by atomic mass is 35.5. The number of hydrogen-bond acceptors (Lipinski definition) is 1. The van der Waals surface area contributed by atoms with Gasteiger partial charge in [-0.15, -0.1) is 11.6 Å². The van der Waals surface area contributed by atoms with E-state index >= 15 is 0 Å². The summed E-state index contributed by atoms with van der Waals surface area (Å²) in [4.78, 5) is 0. The van der Waals surface area contributed by atoms with Gasteiger partial charge in [-0.3, -0.25) is 0 Å². The number of alkyl halides is 1. The molecular weight excluding hydrogens is 320 g/mol. The van der Waals surface area contributed by atoms with E-state index in [1.165, 1.54) is 96.3 Å². The van der Waals surface area contributed by atoms with Crippen molar-refractivity contribution >= 4 is 22.1 Å². The number of halogens is 1. The molecule has 23 heavy (non-hydrogen) atoms. The Labute approximate surface area is 151 Å². The summed E-state index contributed by atoms with van der Waals surface area (Å²) in [5.41, 5.74) is 0.0244. The molecule has 0 heterocycles. The van der Waals surface area contributed by atoms with E-state index < -0.39 is 0 Å². The molecule has 0 aliphatic heterocycles. The van der Waals surface area contributed by atoms with E-state index in [9.17, 15) is 0 Å². The van der Waals surface area contributed by atoms with Crippen LogP contribution in [0.4, 0.5) is 0 Å². The van der Waals surface area contributed by atoms with E-state index in [0.717, 1.165) is 22.3 Å². The lowest BCUT2D eigenvalue weighted by Gasteiger charge is -2.53. The second-order valence-corrected chi connectivity index (χ2v) is 9.41. The quantitative estimate of drug-likeness (QED) is 0.475. The summed E-state index contributed by atoms with van der Waals surface area (Å²) in [6.07, 6.45) is 20.8. The maximum Gasteiger partial charge on any atom is 0.146 e. The van der Waals surface area contributed by atoms with Gasteiger partial charge in [-0.25, -0.2) is 0 Å². The Morgan fingerprint density at radius 3 is 1.48 bits per heavy atom. The molecular formula is C20H37ClOSi. The minimum Gasteiger partial charge on any atom is -0.420 e. The van der Waals surface area contributed by atoms with Gasteiger partial charge >= 0.3 is 0 Å². The summed E-state index contributed by atoms with van der Waals surface area (Å²) in [5, 5.41) is 0.270. The minimum atomic E-state index is 0.0244. The topological polar surface area (TPSA) is 9.23 Å². The van der Waals surface area contributed by atoms with Gasteiger partial charge in [0.2, 0.25) is 0 Å². The average molecular weight is 357 g/mol. The van der Waals surface area contributed by atoms with Crippen LogP contribution in [0.2, 0.25) is 0 Å². The van der Waals surface area contributed by atoms with Crippen LogP contribution in [0.15, 0.2) is 0 Å². The molecule has 0 amide bonds. The van der Waals surface area contributed by atoms with E-state index in [2.05, 4.69) is 0 Å². The second kappa shape index (κ2) is 8.72. The fraction of sp³-hybridized carbons (Fsp3) is 1.00. The van der Waals surface area contributed by atoms with E-state index in [1.807, 2.05) is 0 Å². The predicted octanol–water partition coefficient (Wildman–Crippen LogP) is 5.37. The summed E-state index contributed by atoms with van der Waals surface area (Å²) >= 11 is 7.35. The summed E-state index contributed by atoms with van der Waals surface area (Å²) in [5.74, 6) is 2.19. The van der Waals surface area contributed by atoms with Crippen molar-refractivity contribution in [3.05, 3.63) is 0 Å². The van der Waals surface area contributed by atoms with Crippen LogP contribution in [-0.2, 0) is 4.43 Å². The summed E-state index contributed by atoms with van der Waals surface area (Å²) in [6, 6.07) is 0. The molecule has 0 aromatic rings. The first-order chi connectivity index (χ1) is 11.3. The first-order valence-corrected chi connectivity index (χ1v) is 11.7. The molecule has 3 aliphatic carbocycles. The molecule has 0 aromatic carbocycles. The highest BCUT2D eigenvalue weighted by molar-refractivity contribution is 6.22. The second-order valence-electron chi connectivity index (χ2n) is 8.53. The molecule has 3 saturated carbocycles. The third-order valence-electron chi connectivity index (χ3n) is 7.33. The Morgan fingerprint density at radius 2 is 1.09 bits per heavy atom. The van der Waals surface area contributed by atoms with Crippen LogP contribution < -0.4 is 0 Å². The molecule has 0 spiro atoms. The van der Waals surface area contributed by atoms with Crippen LogP contribution in [0.3, 0.4) is 0 Å². The lowest BCUT2D eigenvalue weighted by Crippen LogP contribution is -2.57. The lowest BCUT2D eigenvalue weighted by atomic mass is 9.62. The Hall–Kier alpha value is 0.467. The zero-order valence-corrected chi connectivity index (χ0v) is 18.0. The van der Waals surface area contributed by atoms with E-state index in [1.54, 1.807) is 0 Å². The van der Waals surface area contributed by atoms with Gasteiger partial charge < -0.3 is 4.43 Å². The SMILES string of the molecule is [SiH3]OC(C1CCCCC1)(C1CCCCC1)C(Cl)C1CCCCC1. The lowest BCUT2D eigenvalue weighted by molar-refractivity contribution is -0.0805. The average Bonchev–Trinajstić information content (AvgIpc) is 2.65. The van der Waals surface area contributed by atoms with Crippen LogP contribution in [-0.4, -0.2) is 21.5 Å². The molecule has 3 rings (SSSR count). The fourth-order valence-corrected chi connectivity index (χ4v) is 7.90. The van der Waals surface area contributed by atoms with Crippen LogP contribution in [0, 0.1) is 17.8 Å². The molecule has 0 bridgehead atoms. The molecule has 0 aromatic heterocycles. The standard InChI is InChI=1S/C20H37ClOSi/c21-19(16-10-4-1-5-11-16)20(22-23,17-12-6-2-7-13-17)18-14-8-3-9-15-18/h16-19H,1-15H2,23H3. The predicted molar refractivity (Wildman–Crippen MR) is 103 cm³/mol. The Kier molecular flexibility index (Phi) is 6.92. The van der Waals surface area contributed by atoms with Gasteiger partial charge in [0.15, 0.2) is 0 Å². The van der Waals surface area contributed by atoms with Crippen molar-refractivity contribution < 1.29 is 4.43 Å². The maximum atomic E-state index is 7.35. The summed E-state index contributed by atoms with van der Waals surface area (Å²) < 4.78 is 6.64. The van der Waals surface area contributed by atoms with Crippen molar-refractivity contribution in [2.45, 2.75) is 107 Å². The molecule has 0 N–H and O–H groups in total. The molecule has 0 radical (unpaired) electrons. The third-order valence-corrected chi connectivity index (χ3v) is 8.74. The van der Waals surface area contributed by atoms with Gasteiger partial charge in [-0.2, -0.15) is 0 Å². The van der Waals surface area contributed by atoms with Crippen molar-refractivity contribution in [1.82, 2.24) is 0 Å². The molecule has 3 aliphatic rings. The first-order valence-electron chi connectivity index (χ1n) is 10.5. The van der Waals surface area contributed by atoms with E-state index in [0.29, 0.717) is 5.92 Å².